The van der Waals surface area contributed by atoms with Crippen molar-refractivity contribution in [1.82, 2.24) is 10.2 Å². The van der Waals surface area contributed by atoms with Gasteiger partial charge in [0.25, 0.3) is 0 Å². The minimum absolute atomic E-state index is 0.0152. The van der Waals surface area contributed by atoms with Crippen molar-refractivity contribution < 1.29 is 14.7 Å². The van der Waals surface area contributed by atoms with E-state index in [1.807, 2.05) is 13.0 Å². The third kappa shape index (κ3) is 3.39. The van der Waals surface area contributed by atoms with Crippen molar-refractivity contribution in [1.29, 1.82) is 0 Å². The fourth-order valence-electron chi connectivity index (χ4n) is 3.93. The number of carboxylic acids is 1. The van der Waals surface area contributed by atoms with E-state index in [4.69, 9.17) is 23.2 Å². The van der Waals surface area contributed by atoms with E-state index in [0.29, 0.717) is 16.5 Å². The van der Waals surface area contributed by atoms with Gasteiger partial charge in [0.15, 0.2) is 0 Å². The number of fused-ring (bicyclic) bond motifs is 2. The third-order valence-electron chi connectivity index (χ3n) is 5.15. The van der Waals surface area contributed by atoms with Crippen molar-refractivity contribution in [2.24, 2.45) is 5.92 Å². The van der Waals surface area contributed by atoms with E-state index in [2.05, 4.69) is 10.2 Å². The standard InChI is InChI=1S/C17H20Cl2N2O3/c1-9(10-2-4-13(18)14(19)6-10)20-16(22)8-21-11-3-5-15(21)12(7-11)17(23)24/h2,4,6,9,11-12,15H,3,5,7-8H2,1H3,(H,20,22)(H,23,24). The molecule has 0 aromatic heterocycles. The van der Waals surface area contributed by atoms with Crippen LogP contribution in [0.4, 0.5) is 0 Å². The summed E-state index contributed by atoms with van der Waals surface area (Å²) in [5, 5.41) is 13.2. The molecular formula is C17H20Cl2N2O3. The van der Waals surface area contributed by atoms with Gasteiger partial charge in [0, 0.05) is 12.1 Å². The van der Waals surface area contributed by atoms with Gasteiger partial charge >= 0.3 is 5.97 Å². The van der Waals surface area contributed by atoms with Crippen molar-refractivity contribution in [2.75, 3.05) is 6.54 Å². The second kappa shape index (κ2) is 6.90. The first-order chi connectivity index (χ1) is 11.4. The van der Waals surface area contributed by atoms with Crippen LogP contribution >= 0.6 is 23.2 Å². The van der Waals surface area contributed by atoms with Gasteiger partial charge in [-0.2, -0.15) is 0 Å². The number of hydrogen-bond acceptors (Lipinski definition) is 3. The quantitative estimate of drug-likeness (QED) is 0.835. The molecule has 2 saturated heterocycles. The van der Waals surface area contributed by atoms with Crippen molar-refractivity contribution in [2.45, 2.75) is 44.3 Å². The highest BCUT2D eigenvalue weighted by molar-refractivity contribution is 6.42. The van der Waals surface area contributed by atoms with Crippen LogP contribution in [0.15, 0.2) is 18.2 Å². The fourth-order valence-corrected chi connectivity index (χ4v) is 4.24. The SMILES string of the molecule is CC(NC(=O)CN1C2CCC1C(C(=O)O)C2)c1ccc(Cl)c(Cl)c1. The molecule has 0 spiro atoms. The lowest BCUT2D eigenvalue weighted by molar-refractivity contribution is -0.143. The number of benzene rings is 1. The summed E-state index contributed by atoms with van der Waals surface area (Å²) in [5.41, 5.74) is 0.880. The molecule has 4 unspecified atom stereocenters. The Balaban J connectivity index is 1.60. The van der Waals surface area contributed by atoms with Crippen molar-refractivity contribution in [3.8, 4) is 0 Å². The van der Waals surface area contributed by atoms with Gasteiger partial charge in [-0.25, -0.2) is 0 Å². The molecule has 0 aliphatic carbocycles. The molecule has 2 aliphatic rings. The number of carbonyl (C=O) groups excluding carboxylic acids is 1. The molecule has 1 amide bonds. The van der Waals surface area contributed by atoms with E-state index in [9.17, 15) is 14.7 Å². The van der Waals surface area contributed by atoms with Crippen LogP contribution in [0.3, 0.4) is 0 Å². The normalized spacial score (nSPS) is 27.2. The van der Waals surface area contributed by atoms with E-state index in [1.165, 1.54) is 0 Å². The molecule has 0 radical (unpaired) electrons. The van der Waals surface area contributed by atoms with Crippen LogP contribution in [-0.4, -0.2) is 40.5 Å². The van der Waals surface area contributed by atoms with Crippen molar-refractivity contribution in [3.05, 3.63) is 33.8 Å². The molecule has 5 nitrogen and oxygen atoms in total. The maximum absolute atomic E-state index is 12.4. The summed E-state index contributed by atoms with van der Waals surface area (Å²) in [6, 6.07) is 5.29. The zero-order chi connectivity index (χ0) is 17.4. The summed E-state index contributed by atoms with van der Waals surface area (Å²) >= 11 is 11.9. The van der Waals surface area contributed by atoms with Crippen LogP contribution < -0.4 is 5.32 Å². The molecule has 2 N–H and O–H groups in total. The number of amides is 1. The van der Waals surface area contributed by atoms with E-state index in [0.717, 1.165) is 18.4 Å². The Kier molecular flexibility index (Phi) is 5.04. The maximum Gasteiger partial charge on any atom is 0.308 e. The average Bonchev–Trinajstić information content (AvgIpc) is 3.06. The van der Waals surface area contributed by atoms with E-state index < -0.39 is 5.97 Å². The lowest BCUT2D eigenvalue weighted by atomic mass is 9.89. The van der Waals surface area contributed by atoms with Gasteiger partial charge in [-0.3, -0.25) is 14.5 Å². The molecular weight excluding hydrogens is 351 g/mol. The van der Waals surface area contributed by atoms with Gasteiger partial charge in [-0.1, -0.05) is 29.3 Å². The Morgan fingerprint density at radius 2 is 2.08 bits per heavy atom. The first-order valence-electron chi connectivity index (χ1n) is 8.09. The second-order valence-corrected chi connectivity index (χ2v) is 7.43. The van der Waals surface area contributed by atoms with Gasteiger partial charge in [0.2, 0.25) is 5.91 Å². The molecule has 4 atom stereocenters. The molecule has 3 rings (SSSR count). The summed E-state index contributed by atoms with van der Waals surface area (Å²) in [5.74, 6) is -1.20. The molecule has 2 fully saturated rings. The summed E-state index contributed by atoms with van der Waals surface area (Å²) in [6.45, 7) is 2.13. The van der Waals surface area contributed by atoms with Gasteiger partial charge < -0.3 is 10.4 Å². The highest BCUT2D eigenvalue weighted by Crippen LogP contribution is 2.41. The fraction of sp³-hybridized carbons (Fsp3) is 0.529. The Hall–Kier alpha value is -1.30. The smallest absolute Gasteiger partial charge is 0.308 e. The molecule has 0 saturated carbocycles. The second-order valence-electron chi connectivity index (χ2n) is 6.61. The number of carboxylic acid groups (broad SMARTS) is 1. The molecule has 2 bridgehead atoms. The molecule has 2 heterocycles. The monoisotopic (exact) mass is 370 g/mol. The number of rotatable bonds is 5. The van der Waals surface area contributed by atoms with Crippen LogP contribution in [0, 0.1) is 5.92 Å². The molecule has 130 valence electrons. The molecule has 1 aromatic carbocycles. The Morgan fingerprint density at radius 1 is 1.33 bits per heavy atom. The molecule has 1 aromatic rings. The zero-order valence-corrected chi connectivity index (χ0v) is 14.8. The largest absolute Gasteiger partial charge is 0.481 e. The van der Waals surface area contributed by atoms with Crippen LogP contribution in [0.2, 0.25) is 10.0 Å². The number of halogens is 2. The van der Waals surface area contributed by atoms with Gasteiger partial charge in [-0.15, -0.1) is 0 Å². The van der Waals surface area contributed by atoms with Gasteiger partial charge in [0.05, 0.1) is 28.5 Å². The topological polar surface area (TPSA) is 69.6 Å². The lowest BCUT2D eigenvalue weighted by Crippen LogP contribution is -2.41. The summed E-state index contributed by atoms with van der Waals surface area (Å²) in [6.07, 6.45) is 2.48. The summed E-state index contributed by atoms with van der Waals surface area (Å²) < 4.78 is 0. The highest BCUT2D eigenvalue weighted by atomic mass is 35.5. The highest BCUT2D eigenvalue weighted by Gasteiger charge is 2.49. The Morgan fingerprint density at radius 3 is 2.71 bits per heavy atom. The number of carbonyl (C=O) groups is 2. The maximum atomic E-state index is 12.4. The van der Waals surface area contributed by atoms with E-state index in [1.54, 1.807) is 12.1 Å². The summed E-state index contributed by atoms with van der Waals surface area (Å²) in [7, 11) is 0. The average molecular weight is 371 g/mol. The first-order valence-corrected chi connectivity index (χ1v) is 8.85. The molecule has 24 heavy (non-hydrogen) atoms. The van der Waals surface area contributed by atoms with Crippen molar-refractivity contribution >= 4 is 35.1 Å². The van der Waals surface area contributed by atoms with Crippen LogP contribution in [-0.2, 0) is 9.59 Å². The first kappa shape index (κ1) is 17.5. The van der Waals surface area contributed by atoms with Crippen LogP contribution in [0.25, 0.3) is 0 Å². The van der Waals surface area contributed by atoms with E-state index in [-0.39, 0.29) is 36.5 Å². The van der Waals surface area contributed by atoms with Gasteiger partial charge in [0.1, 0.15) is 0 Å². The zero-order valence-electron chi connectivity index (χ0n) is 13.3. The minimum atomic E-state index is -0.753. The molecule has 2 aliphatic heterocycles. The van der Waals surface area contributed by atoms with Gasteiger partial charge in [-0.05, 0) is 43.9 Å². The van der Waals surface area contributed by atoms with Crippen molar-refractivity contribution in [3.63, 3.8) is 0 Å². The predicted molar refractivity (Wildman–Crippen MR) is 92.3 cm³/mol. The van der Waals surface area contributed by atoms with E-state index >= 15 is 0 Å². The number of nitrogens with zero attached hydrogens (tertiary/aromatic N) is 1. The minimum Gasteiger partial charge on any atom is -0.481 e. The third-order valence-corrected chi connectivity index (χ3v) is 5.88. The lowest BCUT2D eigenvalue weighted by Gasteiger charge is -2.23. The Labute approximate surface area is 150 Å². The number of hydrogen-bond donors (Lipinski definition) is 2. The summed E-state index contributed by atoms with van der Waals surface area (Å²) in [4.78, 5) is 25.7. The predicted octanol–water partition coefficient (Wildman–Crippen LogP) is 3.11. The van der Waals surface area contributed by atoms with Crippen LogP contribution in [0.1, 0.15) is 37.8 Å². The number of nitrogens with one attached hydrogen (secondary N) is 1. The number of aliphatic carboxylic acids is 1. The Bertz CT molecular complexity index is 667. The molecule has 7 heteroatoms. The van der Waals surface area contributed by atoms with Crippen LogP contribution in [0.5, 0.6) is 0 Å².